The molecule has 0 unspecified atom stereocenters. The molecule has 1 heterocycles. The molecule has 2 N–H and O–H groups in total. The summed E-state index contributed by atoms with van der Waals surface area (Å²) in [5.74, 6) is -0.0257. The Balaban J connectivity index is 2.49. The molecule has 1 amide bonds. The first-order valence-corrected chi connectivity index (χ1v) is 5.58. The van der Waals surface area contributed by atoms with Crippen molar-refractivity contribution in [3.63, 3.8) is 0 Å². The number of carbonyl (C=O) groups is 1. The van der Waals surface area contributed by atoms with Gasteiger partial charge in [-0.1, -0.05) is 6.92 Å². The van der Waals surface area contributed by atoms with Crippen LogP contribution in [0.2, 0.25) is 0 Å². The summed E-state index contributed by atoms with van der Waals surface area (Å²) in [6, 6.07) is 3.78. The molecule has 4 heteroatoms. The van der Waals surface area contributed by atoms with Crippen LogP contribution in [-0.2, 0) is 4.79 Å². The van der Waals surface area contributed by atoms with Crippen LogP contribution in [0.5, 0.6) is 0 Å². The molecule has 0 spiro atoms. The topological polar surface area (TPSA) is 54.0 Å². The maximum Gasteiger partial charge on any atom is 0.238 e. The maximum absolute atomic E-state index is 11.5. The third kappa shape index (κ3) is 3.98. The van der Waals surface area contributed by atoms with Gasteiger partial charge in [-0.2, -0.15) is 0 Å². The first kappa shape index (κ1) is 12.6. The van der Waals surface area contributed by atoms with Crippen LogP contribution in [0.15, 0.2) is 12.1 Å². The van der Waals surface area contributed by atoms with Crippen LogP contribution in [0, 0.1) is 13.8 Å². The number of rotatable bonds is 5. The lowest BCUT2D eigenvalue weighted by atomic mass is 10.2. The summed E-state index contributed by atoms with van der Waals surface area (Å²) in [5, 5.41) is 5.89. The highest BCUT2D eigenvalue weighted by Crippen LogP contribution is 2.11. The lowest BCUT2D eigenvalue weighted by Gasteiger charge is -2.08. The van der Waals surface area contributed by atoms with E-state index in [1.807, 2.05) is 26.0 Å². The van der Waals surface area contributed by atoms with Crippen LogP contribution >= 0.6 is 0 Å². The van der Waals surface area contributed by atoms with E-state index in [-0.39, 0.29) is 5.91 Å². The number of aryl methyl sites for hydroxylation is 2. The fourth-order valence-electron chi connectivity index (χ4n) is 1.39. The Morgan fingerprint density at radius 2 is 2.12 bits per heavy atom. The molecule has 4 nitrogen and oxygen atoms in total. The van der Waals surface area contributed by atoms with E-state index in [0.29, 0.717) is 6.54 Å². The second-order valence-electron chi connectivity index (χ2n) is 3.81. The molecule has 0 atom stereocenters. The molecule has 0 aliphatic rings. The summed E-state index contributed by atoms with van der Waals surface area (Å²) in [4.78, 5) is 15.8. The Labute approximate surface area is 96.5 Å². The molecule has 0 aromatic carbocycles. The second kappa shape index (κ2) is 6.23. The number of nitrogens with one attached hydrogen (secondary N) is 2. The normalized spacial score (nSPS) is 10.2. The number of aromatic nitrogens is 1. The Hall–Kier alpha value is -1.42. The van der Waals surface area contributed by atoms with Gasteiger partial charge >= 0.3 is 0 Å². The number of nitrogens with zero attached hydrogens (tertiary/aromatic N) is 1. The summed E-state index contributed by atoms with van der Waals surface area (Å²) < 4.78 is 0. The monoisotopic (exact) mass is 221 g/mol. The van der Waals surface area contributed by atoms with Crippen molar-refractivity contribution in [3.8, 4) is 0 Å². The molecular weight excluding hydrogens is 202 g/mol. The predicted molar refractivity (Wildman–Crippen MR) is 65.5 cm³/mol. The van der Waals surface area contributed by atoms with E-state index in [9.17, 15) is 4.79 Å². The zero-order valence-electron chi connectivity index (χ0n) is 10.1. The third-order valence-electron chi connectivity index (χ3n) is 2.21. The van der Waals surface area contributed by atoms with Crippen molar-refractivity contribution in [1.29, 1.82) is 0 Å². The third-order valence-corrected chi connectivity index (χ3v) is 2.21. The van der Waals surface area contributed by atoms with Crippen molar-refractivity contribution < 1.29 is 4.79 Å². The van der Waals surface area contributed by atoms with Gasteiger partial charge in [0.1, 0.15) is 0 Å². The molecule has 0 fully saturated rings. The predicted octanol–water partition coefficient (Wildman–Crippen LogP) is 1.64. The molecular formula is C12H19N3O. The molecule has 0 aliphatic heterocycles. The molecule has 0 bridgehead atoms. The number of hydrogen-bond donors (Lipinski definition) is 2. The highest BCUT2D eigenvalue weighted by molar-refractivity contribution is 5.92. The Morgan fingerprint density at radius 1 is 1.38 bits per heavy atom. The van der Waals surface area contributed by atoms with Gasteiger partial charge in [-0.05, 0) is 38.9 Å². The van der Waals surface area contributed by atoms with Crippen LogP contribution in [0.4, 0.5) is 5.69 Å². The molecule has 1 rings (SSSR count). The first-order valence-electron chi connectivity index (χ1n) is 5.58. The van der Waals surface area contributed by atoms with Gasteiger partial charge in [-0.15, -0.1) is 0 Å². The lowest BCUT2D eigenvalue weighted by Crippen LogP contribution is -2.28. The van der Waals surface area contributed by atoms with E-state index >= 15 is 0 Å². The zero-order chi connectivity index (χ0) is 12.0. The molecule has 0 aliphatic carbocycles. The van der Waals surface area contributed by atoms with Crippen LogP contribution in [0.1, 0.15) is 24.7 Å². The van der Waals surface area contributed by atoms with Gasteiger partial charge in [-0.3, -0.25) is 9.78 Å². The van der Waals surface area contributed by atoms with Gasteiger partial charge in [0.25, 0.3) is 0 Å². The Bertz CT molecular complexity index is 363. The molecule has 0 saturated heterocycles. The highest BCUT2D eigenvalue weighted by Gasteiger charge is 2.04. The van der Waals surface area contributed by atoms with Crippen LogP contribution in [0.25, 0.3) is 0 Å². The van der Waals surface area contributed by atoms with E-state index in [2.05, 4.69) is 22.5 Å². The smallest absolute Gasteiger partial charge is 0.238 e. The minimum Gasteiger partial charge on any atom is -0.323 e. The highest BCUT2D eigenvalue weighted by atomic mass is 16.1. The van der Waals surface area contributed by atoms with Crippen molar-refractivity contribution in [2.24, 2.45) is 0 Å². The molecule has 1 aromatic heterocycles. The van der Waals surface area contributed by atoms with E-state index < -0.39 is 0 Å². The van der Waals surface area contributed by atoms with Crippen LogP contribution in [-0.4, -0.2) is 24.0 Å². The zero-order valence-corrected chi connectivity index (χ0v) is 10.1. The van der Waals surface area contributed by atoms with Gasteiger partial charge in [0.05, 0.1) is 17.9 Å². The number of pyridine rings is 1. The minimum atomic E-state index is -0.0257. The summed E-state index contributed by atoms with van der Waals surface area (Å²) in [6.45, 7) is 7.10. The summed E-state index contributed by atoms with van der Waals surface area (Å²) in [6.07, 6.45) is 1.03. The fraction of sp³-hybridized carbons (Fsp3) is 0.500. The van der Waals surface area contributed by atoms with Crippen molar-refractivity contribution >= 4 is 11.6 Å². The Kier molecular flexibility index (Phi) is 4.92. The second-order valence-corrected chi connectivity index (χ2v) is 3.81. The van der Waals surface area contributed by atoms with Crippen molar-refractivity contribution in [2.45, 2.75) is 27.2 Å². The van der Waals surface area contributed by atoms with Crippen LogP contribution in [0.3, 0.4) is 0 Å². The Morgan fingerprint density at radius 3 is 2.75 bits per heavy atom. The fourth-order valence-corrected chi connectivity index (χ4v) is 1.39. The standard InChI is InChI=1S/C12H19N3O/c1-4-7-13-8-12(16)15-11-6-5-9(2)14-10(11)3/h5-6,13H,4,7-8H2,1-3H3,(H,15,16). The molecule has 0 saturated carbocycles. The van der Waals surface area contributed by atoms with Gasteiger partial charge in [0.2, 0.25) is 5.91 Å². The van der Waals surface area contributed by atoms with Crippen molar-refractivity contribution in [1.82, 2.24) is 10.3 Å². The van der Waals surface area contributed by atoms with E-state index in [1.54, 1.807) is 0 Å². The maximum atomic E-state index is 11.5. The van der Waals surface area contributed by atoms with Crippen molar-refractivity contribution in [2.75, 3.05) is 18.4 Å². The summed E-state index contributed by atoms with van der Waals surface area (Å²) >= 11 is 0. The largest absolute Gasteiger partial charge is 0.323 e. The summed E-state index contributed by atoms with van der Waals surface area (Å²) in [7, 11) is 0. The lowest BCUT2D eigenvalue weighted by molar-refractivity contribution is -0.115. The number of amides is 1. The molecule has 1 aromatic rings. The van der Waals surface area contributed by atoms with Gasteiger partial charge in [-0.25, -0.2) is 0 Å². The first-order chi connectivity index (χ1) is 7.63. The van der Waals surface area contributed by atoms with Crippen molar-refractivity contribution in [3.05, 3.63) is 23.5 Å². The van der Waals surface area contributed by atoms with E-state index in [1.165, 1.54) is 0 Å². The van der Waals surface area contributed by atoms with E-state index in [0.717, 1.165) is 30.0 Å². The van der Waals surface area contributed by atoms with Gasteiger partial charge in [0.15, 0.2) is 0 Å². The minimum absolute atomic E-state index is 0.0257. The number of anilines is 1. The van der Waals surface area contributed by atoms with E-state index in [4.69, 9.17) is 0 Å². The van der Waals surface area contributed by atoms with Gasteiger partial charge < -0.3 is 10.6 Å². The number of hydrogen-bond acceptors (Lipinski definition) is 3. The summed E-state index contributed by atoms with van der Waals surface area (Å²) in [5.41, 5.74) is 2.59. The number of carbonyl (C=O) groups excluding carboxylic acids is 1. The SMILES string of the molecule is CCCNCC(=O)Nc1ccc(C)nc1C. The van der Waals surface area contributed by atoms with Gasteiger partial charge in [0, 0.05) is 5.69 Å². The molecule has 16 heavy (non-hydrogen) atoms. The van der Waals surface area contributed by atoms with Crippen LogP contribution < -0.4 is 10.6 Å². The molecule has 88 valence electrons. The quantitative estimate of drug-likeness (QED) is 0.743. The molecule has 0 radical (unpaired) electrons. The average Bonchev–Trinajstić information content (AvgIpc) is 2.23. The average molecular weight is 221 g/mol.